The lowest BCUT2D eigenvalue weighted by molar-refractivity contribution is -0.137. The zero-order valence-electron chi connectivity index (χ0n) is 31.1. The molecule has 4 rings (SSSR count). The van der Waals surface area contributed by atoms with Gasteiger partial charge in [0.15, 0.2) is 22.8 Å². The number of aromatic nitrogens is 4. The number of rotatable bonds is 21. The van der Waals surface area contributed by atoms with Crippen molar-refractivity contribution < 1.29 is 90.7 Å². The maximum atomic E-state index is 12.7. The monoisotopic (exact) mass is 919 g/mol. The third-order valence-electron chi connectivity index (χ3n) is 8.49. The van der Waals surface area contributed by atoms with E-state index in [4.69, 9.17) is 19.5 Å². The Morgan fingerprint density at radius 3 is 2.42 bits per heavy atom. The summed E-state index contributed by atoms with van der Waals surface area (Å²) in [5.41, 5.74) is 2.47. The Morgan fingerprint density at radius 1 is 1.05 bits per heavy atom. The number of imidazole rings is 1. The molecule has 1 aliphatic carbocycles. The molecule has 1 aliphatic heterocycles. The summed E-state index contributed by atoms with van der Waals surface area (Å²) in [6.07, 6.45) is -3.00. The van der Waals surface area contributed by atoms with E-state index in [-0.39, 0.29) is 48.7 Å². The van der Waals surface area contributed by atoms with Crippen molar-refractivity contribution in [3.8, 4) is 0 Å². The Bertz CT molecular complexity index is 2050. The predicted octanol–water partition coefficient (Wildman–Crippen LogP) is -1.73. The minimum atomic E-state index is -5.59. The molecule has 2 aromatic heterocycles. The third kappa shape index (κ3) is 13.7. The predicted molar refractivity (Wildman–Crippen MR) is 201 cm³/mol. The standard InChI is InChI=1S/C29H44N7O19P3S/c1-28(2,23(41)26(42)32-8-6-18(38)31-9-10-59-19(39)11-29(43)7-4-3-5-17(29)37)13-52-58(49,50)55-57(47,48)51-12-16-22(54-56(44,45)46)21(40)27(53-16)36-15-35-20-24(30)33-14-34-25(20)36/h3-5,7,14-17,21-23,27,37,40-41,43H,6,8-13H2,1-2H3,(H,31,38)(H,32,42)(H,47,48)(H,49,50)(H2,30,33,34)(H2,44,45,46). The van der Waals surface area contributed by atoms with Gasteiger partial charge in [0.05, 0.1) is 26.0 Å². The summed E-state index contributed by atoms with van der Waals surface area (Å²) in [5, 5.41) is 46.2. The maximum absolute atomic E-state index is 12.7. The number of anilines is 1. The summed E-state index contributed by atoms with van der Waals surface area (Å²) >= 11 is 0.835. The number of phosphoric acid groups is 3. The third-order valence-corrected chi connectivity index (χ3v) is 12.5. The van der Waals surface area contributed by atoms with Gasteiger partial charge in [-0.2, -0.15) is 4.31 Å². The topological polar surface area (TPSA) is 404 Å². The van der Waals surface area contributed by atoms with Gasteiger partial charge in [-0.3, -0.25) is 32.5 Å². The SMILES string of the molecule is CC(C)(COP(=O)(O)OP(=O)(O)OCC1OC(n2cnc3c(N)ncnc32)C(O)C1OP(=O)(O)O)C(O)C(=O)NCCC(=O)NCCSC(=O)CC1(O)C=CC=CC1O. The average molecular weight is 920 g/mol. The van der Waals surface area contributed by atoms with Gasteiger partial charge in [0.25, 0.3) is 0 Å². The van der Waals surface area contributed by atoms with Gasteiger partial charge in [0.1, 0.15) is 48.0 Å². The highest BCUT2D eigenvalue weighted by molar-refractivity contribution is 8.13. The fourth-order valence-corrected chi connectivity index (χ4v) is 8.99. The minimum absolute atomic E-state index is 0.0197. The summed E-state index contributed by atoms with van der Waals surface area (Å²) in [6, 6.07) is 0. The van der Waals surface area contributed by atoms with Crippen LogP contribution in [0, 0.1) is 5.41 Å². The number of nitrogens with zero attached hydrogens (tertiary/aromatic N) is 4. The molecule has 1 saturated heterocycles. The van der Waals surface area contributed by atoms with E-state index >= 15 is 0 Å². The zero-order valence-corrected chi connectivity index (χ0v) is 34.6. The molecule has 0 radical (unpaired) electrons. The van der Waals surface area contributed by atoms with Crippen molar-refractivity contribution in [3.63, 3.8) is 0 Å². The maximum Gasteiger partial charge on any atom is 0.481 e. The van der Waals surface area contributed by atoms with Gasteiger partial charge < -0.3 is 61.1 Å². The second-order valence-corrected chi connectivity index (χ2v) is 19.0. The van der Waals surface area contributed by atoms with Crippen LogP contribution in [0.2, 0.25) is 0 Å². The Balaban J connectivity index is 1.21. The van der Waals surface area contributed by atoms with E-state index in [9.17, 15) is 68.1 Å². The highest BCUT2D eigenvalue weighted by atomic mass is 32.2. The molecule has 2 aliphatic rings. The van der Waals surface area contributed by atoms with Crippen molar-refractivity contribution >= 4 is 69.1 Å². The van der Waals surface area contributed by atoms with Gasteiger partial charge in [-0.15, -0.1) is 0 Å². The highest BCUT2D eigenvalue weighted by Crippen LogP contribution is 2.61. The molecule has 0 bridgehead atoms. The highest BCUT2D eigenvalue weighted by Gasteiger charge is 2.50. The van der Waals surface area contributed by atoms with Crippen molar-refractivity contribution in [2.45, 2.75) is 69.0 Å². The first kappa shape index (κ1) is 48.6. The van der Waals surface area contributed by atoms with E-state index in [2.05, 4.69) is 34.4 Å². The largest absolute Gasteiger partial charge is 0.481 e. The number of carbonyl (C=O) groups is 3. The second kappa shape index (κ2) is 19.8. The number of phosphoric ester groups is 3. The first-order valence-electron chi connectivity index (χ1n) is 17.1. The van der Waals surface area contributed by atoms with Crippen LogP contribution in [0.15, 0.2) is 37.0 Å². The molecule has 330 valence electrons. The molecule has 0 aromatic carbocycles. The van der Waals surface area contributed by atoms with Crippen LogP contribution in [-0.4, -0.2) is 145 Å². The molecular weight excluding hydrogens is 875 g/mol. The Labute approximate surface area is 338 Å². The summed E-state index contributed by atoms with van der Waals surface area (Å²) in [4.78, 5) is 87.9. The number of allylic oxidation sites excluding steroid dienone is 2. The lowest BCUT2D eigenvalue weighted by atomic mass is 9.87. The number of fused-ring (bicyclic) bond motifs is 1. The molecular formula is C29H44N7O19P3S. The van der Waals surface area contributed by atoms with Crippen LogP contribution in [0.1, 0.15) is 32.9 Å². The summed E-state index contributed by atoms with van der Waals surface area (Å²) < 4.78 is 62.1. The Hall–Kier alpha value is -3.04. The van der Waals surface area contributed by atoms with Crippen molar-refractivity contribution in [3.05, 3.63) is 37.0 Å². The van der Waals surface area contributed by atoms with E-state index in [0.29, 0.717) is 0 Å². The van der Waals surface area contributed by atoms with Crippen molar-refractivity contribution in [2.24, 2.45) is 5.41 Å². The number of ether oxygens (including phenoxy) is 1. The van der Waals surface area contributed by atoms with E-state index in [1.54, 1.807) is 0 Å². The number of amides is 2. The zero-order chi connectivity index (χ0) is 44.0. The minimum Gasteiger partial charge on any atom is -0.386 e. The molecule has 59 heavy (non-hydrogen) atoms. The van der Waals surface area contributed by atoms with E-state index in [1.165, 1.54) is 38.2 Å². The number of hydrogen-bond donors (Lipinski definition) is 11. The van der Waals surface area contributed by atoms with Gasteiger partial charge in [-0.25, -0.2) is 28.6 Å². The molecule has 2 amide bonds. The van der Waals surface area contributed by atoms with E-state index in [1.807, 2.05) is 0 Å². The lowest BCUT2D eigenvalue weighted by Crippen LogP contribution is -2.46. The summed E-state index contributed by atoms with van der Waals surface area (Å²) in [5.74, 6) is -1.44. The second-order valence-electron chi connectivity index (χ2n) is 13.6. The number of aliphatic hydroxyl groups excluding tert-OH is 3. The average Bonchev–Trinajstić information content (AvgIpc) is 3.69. The number of thioether (sulfide) groups is 1. The van der Waals surface area contributed by atoms with Gasteiger partial charge in [0, 0.05) is 30.7 Å². The summed E-state index contributed by atoms with van der Waals surface area (Å²) in [6.45, 7) is 0.185. The van der Waals surface area contributed by atoms with Crippen LogP contribution in [0.5, 0.6) is 0 Å². The molecule has 9 unspecified atom stereocenters. The molecule has 12 N–H and O–H groups in total. The van der Waals surface area contributed by atoms with Crippen LogP contribution in [-0.2, 0) is 50.7 Å². The first-order valence-corrected chi connectivity index (χ1v) is 22.6. The molecule has 0 spiro atoms. The molecule has 3 heterocycles. The molecule has 26 nitrogen and oxygen atoms in total. The molecule has 2 aromatic rings. The van der Waals surface area contributed by atoms with Gasteiger partial charge in [-0.05, 0) is 6.08 Å². The molecule has 1 fully saturated rings. The van der Waals surface area contributed by atoms with Crippen molar-refractivity contribution in [2.75, 3.05) is 37.8 Å². The number of nitrogen functional groups attached to an aromatic ring is 1. The van der Waals surface area contributed by atoms with Gasteiger partial charge in [-0.1, -0.05) is 43.8 Å². The Kier molecular flexibility index (Phi) is 16.3. The molecule has 0 saturated carbocycles. The van der Waals surface area contributed by atoms with Crippen molar-refractivity contribution in [1.82, 2.24) is 30.2 Å². The quantitative estimate of drug-likeness (QED) is 0.0490. The number of carbonyl (C=O) groups excluding carboxylic acids is 3. The first-order chi connectivity index (χ1) is 27.3. The normalized spacial score (nSPS) is 26.0. The molecule has 30 heteroatoms. The van der Waals surface area contributed by atoms with E-state index in [0.717, 1.165) is 29.0 Å². The van der Waals surface area contributed by atoms with Crippen molar-refractivity contribution in [1.29, 1.82) is 0 Å². The number of nitrogens with two attached hydrogens (primary N) is 1. The molecule has 9 atom stereocenters. The smallest absolute Gasteiger partial charge is 0.386 e. The number of aliphatic hydroxyl groups is 4. The Morgan fingerprint density at radius 2 is 1.75 bits per heavy atom. The number of nitrogens with one attached hydrogen (secondary N) is 2. The fourth-order valence-electron chi connectivity index (χ4n) is 5.40. The number of hydrogen-bond acceptors (Lipinski definition) is 20. The van der Waals surface area contributed by atoms with Gasteiger partial charge >= 0.3 is 23.5 Å². The summed E-state index contributed by atoms with van der Waals surface area (Å²) in [7, 11) is -16.5. The van der Waals surface area contributed by atoms with Crippen LogP contribution in [0.25, 0.3) is 11.2 Å². The fraction of sp³-hybridized carbons (Fsp3) is 0.586. The van der Waals surface area contributed by atoms with Crippen LogP contribution < -0.4 is 16.4 Å². The van der Waals surface area contributed by atoms with Crippen LogP contribution in [0.3, 0.4) is 0 Å². The van der Waals surface area contributed by atoms with Crippen LogP contribution >= 0.6 is 35.2 Å². The van der Waals surface area contributed by atoms with Crippen LogP contribution in [0.4, 0.5) is 5.82 Å². The lowest BCUT2D eigenvalue weighted by Gasteiger charge is -2.30. The van der Waals surface area contributed by atoms with Gasteiger partial charge in [0.2, 0.25) is 11.8 Å². The van der Waals surface area contributed by atoms with E-state index < -0.39 is 101 Å².